The summed E-state index contributed by atoms with van der Waals surface area (Å²) in [7, 11) is -2.82. The van der Waals surface area contributed by atoms with E-state index in [0.29, 0.717) is 6.42 Å². The van der Waals surface area contributed by atoms with E-state index >= 15 is 0 Å². The summed E-state index contributed by atoms with van der Waals surface area (Å²) in [4.78, 5) is 22.9. The van der Waals surface area contributed by atoms with Crippen molar-refractivity contribution in [2.75, 3.05) is 20.3 Å². The second-order valence-electron chi connectivity index (χ2n) is 5.20. The molecule has 1 heterocycles. The van der Waals surface area contributed by atoms with Gasteiger partial charge in [0.25, 0.3) is 0 Å². The number of hydrogen-bond acceptors (Lipinski definition) is 6. The molecule has 1 aliphatic heterocycles. The summed E-state index contributed by atoms with van der Waals surface area (Å²) in [5, 5.41) is 9.22. The Morgan fingerprint density at radius 1 is 1.38 bits per heavy atom. The van der Waals surface area contributed by atoms with Crippen LogP contribution in [0.1, 0.15) is 30.1 Å². The summed E-state index contributed by atoms with van der Waals surface area (Å²) < 4.78 is 36.7. The summed E-state index contributed by atoms with van der Waals surface area (Å²) >= 11 is 0. The molecular formula is C15H19NO7S. The molecule has 1 N–H and O–H groups in total. The fourth-order valence-corrected chi connectivity index (χ4v) is 4.45. The van der Waals surface area contributed by atoms with Crippen LogP contribution < -0.4 is 4.74 Å². The Hall–Kier alpha value is -2.13. The monoisotopic (exact) mass is 357 g/mol. The molecule has 1 fully saturated rings. The molecule has 2 rings (SSSR count). The highest BCUT2D eigenvalue weighted by Crippen LogP contribution is 2.32. The SMILES string of the molecule is CCOC(=O)c1ccc(OC)c(S(=O)(=O)N2CCCC2C(=O)O)c1. The molecule has 1 unspecified atom stereocenters. The van der Waals surface area contributed by atoms with Crippen LogP contribution in [0.15, 0.2) is 23.1 Å². The van der Waals surface area contributed by atoms with E-state index in [1.807, 2.05) is 0 Å². The fraction of sp³-hybridized carbons (Fsp3) is 0.467. The number of esters is 1. The van der Waals surface area contributed by atoms with Crippen LogP contribution in [0.3, 0.4) is 0 Å². The van der Waals surface area contributed by atoms with Gasteiger partial charge in [-0.05, 0) is 38.0 Å². The molecular weight excluding hydrogens is 338 g/mol. The minimum Gasteiger partial charge on any atom is -0.495 e. The smallest absolute Gasteiger partial charge is 0.338 e. The zero-order chi connectivity index (χ0) is 17.9. The summed E-state index contributed by atoms with van der Waals surface area (Å²) in [6, 6.07) is 2.79. The van der Waals surface area contributed by atoms with Gasteiger partial charge in [-0.1, -0.05) is 0 Å². The number of carboxylic acid groups (broad SMARTS) is 1. The van der Waals surface area contributed by atoms with Gasteiger partial charge in [0.05, 0.1) is 19.3 Å². The van der Waals surface area contributed by atoms with E-state index in [0.717, 1.165) is 10.4 Å². The number of carbonyl (C=O) groups excluding carboxylic acids is 1. The van der Waals surface area contributed by atoms with Crippen molar-refractivity contribution >= 4 is 22.0 Å². The lowest BCUT2D eigenvalue weighted by atomic mass is 10.2. The quantitative estimate of drug-likeness (QED) is 0.759. The van der Waals surface area contributed by atoms with E-state index in [9.17, 15) is 23.1 Å². The Labute approximate surface area is 140 Å². The number of aliphatic carboxylic acids is 1. The van der Waals surface area contributed by atoms with Crippen molar-refractivity contribution in [1.82, 2.24) is 4.31 Å². The van der Waals surface area contributed by atoms with E-state index < -0.39 is 28.0 Å². The van der Waals surface area contributed by atoms with Crippen LogP contribution in [0, 0.1) is 0 Å². The summed E-state index contributed by atoms with van der Waals surface area (Å²) in [5.74, 6) is -1.82. The highest BCUT2D eigenvalue weighted by Gasteiger charge is 2.40. The van der Waals surface area contributed by atoms with Crippen LogP contribution in [0.25, 0.3) is 0 Å². The Balaban J connectivity index is 2.50. The predicted octanol–water partition coefficient (Wildman–Crippen LogP) is 1.11. The van der Waals surface area contributed by atoms with Gasteiger partial charge in [0, 0.05) is 6.54 Å². The van der Waals surface area contributed by atoms with Crippen molar-refractivity contribution in [2.45, 2.75) is 30.7 Å². The van der Waals surface area contributed by atoms with Gasteiger partial charge in [-0.15, -0.1) is 0 Å². The Morgan fingerprint density at radius 2 is 2.08 bits per heavy atom. The first-order valence-corrected chi connectivity index (χ1v) is 8.86. The van der Waals surface area contributed by atoms with Crippen molar-refractivity contribution in [3.63, 3.8) is 0 Å². The average Bonchev–Trinajstić information content (AvgIpc) is 3.05. The molecule has 0 amide bonds. The molecule has 1 aromatic rings. The Kier molecular flexibility index (Phi) is 5.45. The van der Waals surface area contributed by atoms with Crippen LogP contribution in [0.5, 0.6) is 5.75 Å². The number of methoxy groups -OCH3 is 1. The minimum atomic E-state index is -4.13. The number of carboxylic acids is 1. The van der Waals surface area contributed by atoms with Gasteiger partial charge in [-0.3, -0.25) is 4.79 Å². The van der Waals surface area contributed by atoms with Crippen LogP contribution in [0.4, 0.5) is 0 Å². The number of ether oxygens (including phenoxy) is 2. The fourth-order valence-electron chi connectivity index (χ4n) is 2.62. The number of hydrogen-bond donors (Lipinski definition) is 1. The highest BCUT2D eigenvalue weighted by molar-refractivity contribution is 7.89. The molecule has 0 saturated carbocycles. The maximum absolute atomic E-state index is 12.9. The number of rotatable bonds is 6. The van der Waals surface area contributed by atoms with Crippen LogP contribution in [0.2, 0.25) is 0 Å². The number of sulfonamides is 1. The van der Waals surface area contributed by atoms with Gasteiger partial charge in [-0.25, -0.2) is 13.2 Å². The molecule has 0 aliphatic carbocycles. The van der Waals surface area contributed by atoms with Crippen molar-refractivity contribution in [3.8, 4) is 5.75 Å². The normalized spacial score (nSPS) is 18.3. The molecule has 0 aromatic heterocycles. The third-order valence-electron chi connectivity index (χ3n) is 3.75. The number of benzene rings is 1. The van der Waals surface area contributed by atoms with Gasteiger partial charge < -0.3 is 14.6 Å². The first kappa shape index (κ1) is 18.2. The van der Waals surface area contributed by atoms with Gasteiger partial charge in [0.15, 0.2) is 0 Å². The van der Waals surface area contributed by atoms with E-state index in [1.54, 1.807) is 6.92 Å². The van der Waals surface area contributed by atoms with Crippen molar-refractivity contribution in [2.24, 2.45) is 0 Å². The summed E-state index contributed by atoms with van der Waals surface area (Å²) in [5.41, 5.74) is 0.0577. The van der Waals surface area contributed by atoms with E-state index in [1.165, 1.54) is 19.2 Å². The third kappa shape index (κ3) is 3.36. The number of carbonyl (C=O) groups is 2. The predicted molar refractivity (Wildman–Crippen MR) is 83.5 cm³/mol. The van der Waals surface area contributed by atoms with Crippen LogP contribution in [-0.2, 0) is 19.6 Å². The molecule has 9 heteroatoms. The molecule has 0 bridgehead atoms. The summed E-state index contributed by atoms with van der Waals surface area (Å²) in [6.07, 6.45) is 0.699. The maximum Gasteiger partial charge on any atom is 0.338 e. The van der Waals surface area contributed by atoms with Gasteiger partial charge in [0.1, 0.15) is 16.7 Å². The van der Waals surface area contributed by atoms with Gasteiger partial charge >= 0.3 is 11.9 Å². The second kappa shape index (κ2) is 7.18. The van der Waals surface area contributed by atoms with E-state index in [-0.39, 0.29) is 35.8 Å². The Morgan fingerprint density at radius 3 is 2.67 bits per heavy atom. The molecule has 1 aliphatic rings. The lowest BCUT2D eigenvalue weighted by Crippen LogP contribution is -2.40. The first-order valence-electron chi connectivity index (χ1n) is 7.42. The van der Waals surface area contributed by atoms with E-state index in [2.05, 4.69) is 0 Å². The zero-order valence-electron chi connectivity index (χ0n) is 13.4. The molecule has 0 spiro atoms. The molecule has 8 nitrogen and oxygen atoms in total. The average molecular weight is 357 g/mol. The largest absolute Gasteiger partial charge is 0.495 e. The lowest BCUT2D eigenvalue weighted by molar-refractivity contribution is -0.140. The third-order valence-corrected chi connectivity index (χ3v) is 5.68. The molecule has 1 aromatic carbocycles. The zero-order valence-corrected chi connectivity index (χ0v) is 14.2. The number of nitrogens with zero attached hydrogens (tertiary/aromatic N) is 1. The van der Waals surface area contributed by atoms with E-state index in [4.69, 9.17) is 9.47 Å². The topological polar surface area (TPSA) is 110 Å². The minimum absolute atomic E-state index is 0.0408. The molecule has 24 heavy (non-hydrogen) atoms. The molecule has 0 radical (unpaired) electrons. The van der Waals surface area contributed by atoms with Crippen molar-refractivity contribution in [1.29, 1.82) is 0 Å². The van der Waals surface area contributed by atoms with Crippen LogP contribution in [-0.4, -0.2) is 56.1 Å². The molecule has 1 saturated heterocycles. The maximum atomic E-state index is 12.9. The Bertz CT molecular complexity index is 744. The van der Waals surface area contributed by atoms with Gasteiger partial charge in [0.2, 0.25) is 10.0 Å². The highest BCUT2D eigenvalue weighted by atomic mass is 32.2. The molecule has 132 valence electrons. The van der Waals surface area contributed by atoms with Gasteiger partial charge in [-0.2, -0.15) is 4.31 Å². The second-order valence-corrected chi connectivity index (χ2v) is 7.06. The van der Waals surface area contributed by atoms with Crippen LogP contribution >= 0.6 is 0 Å². The first-order chi connectivity index (χ1) is 11.3. The summed E-state index contributed by atoms with van der Waals surface area (Å²) in [6.45, 7) is 1.90. The van der Waals surface area contributed by atoms with Crippen molar-refractivity contribution in [3.05, 3.63) is 23.8 Å². The standard InChI is InChI=1S/C15H19NO7S/c1-3-23-15(19)10-6-7-12(22-2)13(9-10)24(20,21)16-8-4-5-11(16)14(17)18/h6-7,9,11H,3-5,8H2,1-2H3,(H,17,18). The lowest BCUT2D eigenvalue weighted by Gasteiger charge is -2.22. The molecule has 1 atom stereocenters. The van der Waals surface area contributed by atoms with Crippen molar-refractivity contribution < 1.29 is 32.6 Å².